The van der Waals surface area contributed by atoms with E-state index in [0.29, 0.717) is 13.2 Å². The van der Waals surface area contributed by atoms with E-state index in [2.05, 4.69) is 38.7 Å². The molecule has 6 nitrogen and oxygen atoms in total. The molecule has 1 aliphatic heterocycles. The van der Waals surface area contributed by atoms with Gasteiger partial charge in [-0.15, -0.1) is 0 Å². The SMILES string of the molecule is CC(=[N+]=[N-])C(=O)N1C(CO[Si](C)(C)C(C)(C)C)COC1(C)C. The second-order valence-electron chi connectivity index (χ2n) is 7.84. The second-order valence-corrected chi connectivity index (χ2v) is 12.7. The lowest BCUT2D eigenvalue weighted by atomic mass is 10.2. The third-order valence-electron chi connectivity index (χ3n) is 4.70. The molecular weight excluding hydrogens is 298 g/mol. The summed E-state index contributed by atoms with van der Waals surface area (Å²) < 4.78 is 12.0. The minimum Gasteiger partial charge on any atom is -0.415 e. The van der Waals surface area contributed by atoms with Gasteiger partial charge in [0.05, 0.1) is 19.3 Å². The van der Waals surface area contributed by atoms with Crippen LogP contribution in [0.1, 0.15) is 41.5 Å². The first-order chi connectivity index (χ1) is 9.83. The van der Waals surface area contributed by atoms with Crippen molar-refractivity contribution < 1.29 is 18.7 Å². The largest absolute Gasteiger partial charge is 0.415 e. The molecular formula is C15H29N3O3Si. The molecule has 1 unspecified atom stereocenters. The summed E-state index contributed by atoms with van der Waals surface area (Å²) in [6.07, 6.45) is 0. The average molecular weight is 328 g/mol. The van der Waals surface area contributed by atoms with Gasteiger partial charge in [-0.2, -0.15) is 4.79 Å². The summed E-state index contributed by atoms with van der Waals surface area (Å²) in [7, 11) is -1.89. The number of amides is 1. The van der Waals surface area contributed by atoms with Crippen molar-refractivity contribution in [1.82, 2.24) is 4.90 Å². The molecule has 0 aromatic heterocycles. The summed E-state index contributed by atoms with van der Waals surface area (Å²) in [5, 5.41) is 0.110. The van der Waals surface area contributed by atoms with E-state index < -0.39 is 14.0 Å². The summed E-state index contributed by atoms with van der Waals surface area (Å²) in [5.74, 6) is -0.325. The van der Waals surface area contributed by atoms with Crippen molar-refractivity contribution in [1.29, 1.82) is 0 Å². The minimum atomic E-state index is -1.89. The Labute approximate surface area is 134 Å². The Hall–Kier alpha value is -1.01. The van der Waals surface area contributed by atoms with Crippen LogP contribution in [0.25, 0.3) is 5.53 Å². The number of rotatable bonds is 4. The van der Waals surface area contributed by atoms with Gasteiger partial charge in [-0.3, -0.25) is 9.69 Å². The van der Waals surface area contributed by atoms with Gasteiger partial charge in [0.2, 0.25) is 0 Å². The molecule has 0 saturated carbocycles. The normalized spacial score (nSPS) is 21.6. The fourth-order valence-corrected chi connectivity index (χ4v) is 3.20. The van der Waals surface area contributed by atoms with Crippen molar-refractivity contribution >= 4 is 19.9 Å². The average Bonchev–Trinajstić information content (AvgIpc) is 2.68. The zero-order valence-corrected chi connectivity index (χ0v) is 16.1. The van der Waals surface area contributed by atoms with Crippen LogP contribution in [0, 0.1) is 0 Å². The number of hydrogen-bond acceptors (Lipinski definition) is 3. The summed E-state index contributed by atoms with van der Waals surface area (Å²) >= 11 is 0. The van der Waals surface area contributed by atoms with E-state index in [0.717, 1.165) is 0 Å². The Morgan fingerprint density at radius 3 is 2.45 bits per heavy atom. The predicted octanol–water partition coefficient (Wildman–Crippen LogP) is 2.66. The maximum absolute atomic E-state index is 12.4. The van der Waals surface area contributed by atoms with E-state index in [1.54, 1.807) is 4.90 Å². The maximum Gasteiger partial charge on any atom is 0.353 e. The highest BCUT2D eigenvalue weighted by molar-refractivity contribution is 6.74. The first kappa shape index (κ1) is 19.0. The van der Waals surface area contributed by atoms with Crippen LogP contribution in [-0.4, -0.2) is 54.6 Å². The molecule has 1 rings (SSSR count). The van der Waals surface area contributed by atoms with Crippen LogP contribution in [-0.2, 0) is 14.0 Å². The first-order valence-corrected chi connectivity index (χ1v) is 10.5. The van der Waals surface area contributed by atoms with Gasteiger partial charge >= 0.3 is 11.6 Å². The highest BCUT2D eigenvalue weighted by Gasteiger charge is 2.47. The standard InChI is InChI=1S/C15H29N3O3Si/c1-11(17-16)13(19)18-12(9-20-15(18,5)6)10-21-22(7,8)14(2,3)4/h12H,9-10H2,1-8H3. The van der Waals surface area contributed by atoms with Crippen molar-refractivity contribution in [2.45, 2.75) is 71.4 Å². The van der Waals surface area contributed by atoms with E-state index in [9.17, 15) is 4.79 Å². The molecule has 22 heavy (non-hydrogen) atoms. The Morgan fingerprint density at radius 2 is 2.00 bits per heavy atom. The molecule has 1 saturated heterocycles. The number of hydrogen-bond donors (Lipinski definition) is 0. The van der Waals surface area contributed by atoms with E-state index in [1.165, 1.54) is 6.92 Å². The summed E-state index contributed by atoms with van der Waals surface area (Å²) in [4.78, 5) is 17.1. The van der Waals surface area contributed by atoms with Gasteiger partial charge < -0.3 is 14.7 Å². The fraction of sp³-hybridized carbons (Fsp3) is 0.867. The highest BCUT2D eigenvalue weighted by Crippen LogP contribution is 2.37. The number of carbonyl (C=O) groups excluding carboxylic acids is 1. The van der Waals surface area contributed by atoms with Crippen LogP contribution >= 0.6 is 0 Å². The van der Waals surface area contributed by atoms with Crippen molar-refractivity contribution in [2.75, 3.05) is 13.2 Å². The predicted molar refractivity (Wildman–Crippen MR) is 88.1 cm³/mol. The smallest absolute Gasteiger partial charge is 0.353 e. The van der Waals surface area contributed by atoms with Gasteiger partial charge in [0, 0.05) is 6.92 Å². The number of ether oxygens (including phenoxy) is 1. The molecule has 0 N–H and O–H groups in total. The number of carbonyl (C=O) groups is 1. The van der Waals surface area contributed by atoms with Gasteiger partial charge in [0.25, 0.3) is 0 Å². The van der Waals surface area contributed by atoms with Crippen LogP contribution in [0.4, 0.5) is 0 Å². The lowest BCUT2D eigenvalue weighted by Crippen LogP contribution is -2.53. The molecule has 0 bridgehead atoms. The van der Waals surface area contributed by atoms with Crippen LogP contribution in [0.15, 0.2) is 0 Å². The van der Waals surface area contributed by atoms with Gasteiger partial charge in [-0.1, -0.05) is 20.8 Å². The van der Waals surface area contributed by atoms with E-state index >= 15 is 0 Å². The van der Waals surface area contributed by atoms with E-state index in [4.69, 9.17) is 14.7 Å². The second kappa shape index (κ2) is 6.24. The highest BCUT2D eigenvalue weighted by atomic mass is 28.4. The van der Waals surface area contributed by atoms with E-state index in [1.807, 2.05) is 13.8 Å². The maximum atomic E-state index is 12.4. The molecule has 7 heteroatoms. The molecule has 1 fully saturated rings. The molecule has 0 aliphatic carbocycles. The zero-order valence-electron chi connectivity index (χ0n) is 15.1. The molecule has 0 spiro atoms. The molecule has 0 radical (unpaired) electrons. The fourth-order valence-electron chi connectivity index (χ4n) is 2.16. The third kappa shape index (κ3) is 3.84. The molecule has 1 aliphatic rings. The lowest BCUT2D eigenvalue weighted by molar-refractivity contribution is -0.143. The molecule has 1 heterocycles. The summed E-state index contributed by atoms with van der Waals surface area (Å²) in [6, 6.07) is -0.173. The van der Waals surface area contributed by atoms with Crippen molar-refractivity contribution in [2.24, 2.45) is 0 Å². The monoisotopic (exact) mass is 327 g/mol. The Bertz CT molecular complexity index is 491. The van der Waals surface area contributed by atoms with Gasteiger partial charge in [0.1, 0.15) is 5.72 Å². The quantitative estimate of drug-likeness (QED) is 0.345. The molecule has 0 aromatic rings. The summed E-state index contributed by atoms with van der Waals surface area (Å²) in [6.45, 7) is 16.9. The van der Waals surface area contributed by atoms with E-state index in [-0.39, 0.29) is 22.7 Å². The Morgan fingerprint density at radius 1 is 1.45 bits per heavy atom. The molecule has 0 aromatic carbocycles. The van der Waals surface area contributed by atoms with Gasteiger partial charge in [-0.05, 0) is 32.0 Å². The van der Waals surface area contributed by atoms with Crippen molar-refractivity contribution in [3.05, 3.63) is 5.53 Å². The minimum absolute atomic E-state index is 0.0518. The lowest BCUT2D eigenvalue weighted by Gasteiger charge is -2.38. The zero-order chi connectivity index (χ0) is 17.3. The van der Waals surface area contributed by atoms with Gasteiger partial charge in [0.15, 0.2) is 8.32 Å². The third-order valence-corrected chi connectivity index (χ3v) is 9.20. The van der Waals surface area contributed by atoms with Crippen LogP contribution in [0.5, 0.6) is 0 Å². The molecule has 1 amide bonds. The van der Waals surface area contributed by atoms with Crippen molar-refractivity contribution in [3.63, 3.8) is 0 Å². The van der Waals surface area contributed by atoms with Crippen LogP contribution in [0.2, 0.25) is 18.1 Å². The van der Waals surface area contributed by atoms with Crippen LogP contribution in [0.3, 0.4) is 0 Å². The first-order valence-electron chi connectivity index (χ1n) is 7.64. The molecule has 1 atom stereocenters. The van der Waals surface area contributed by atoms with Gasteiger partial charge in [-0.25, -0.2) is 0 Å². The van der Waals surface area contributed by atoms with Crippen LogP contribution < -0.4 is 0 Å². The Balaban J connectivity index is 2.91. The Kier molecular flexibility index (Phi) is 5.40. The topological polar surface area (TPSA) is 75.2 Å². The molecule has 126 valence electrons. The van der Waals surface area contributed by atoms with Crippen molar-refractivity contribution in [3.8, 4) is 0 Å². The summed E-state index contributed by atoms with van der Waals surface area (Å²) in [5.41, 5.74) is 8.18. The number of nitrogens with zero attached hydrogens (tertiary/aromatic N) is 3.